The second-order valence-corrected chi connectivity index (χ2v) is 3.77. The predicted octanol–water partition coefficient (Wildman–Crippen LogP) is 0.363. The molecular weight excluding hydrogens is 162 g/mol. The van der Waals surface area contributed by atoms with E-state index in [1.807, 2.05) is 0 Å². The van der Waals surface area contributed by atoms with Gasteiger partial charge in [-0.05, 0) is 32.5 Å². The van der Waals surface area contributed by atoms with Gasteiger partial charge < -0.3 is 15.5 Å². The molecule has 1 saturated heterocycles. The van der Waals surface area contributed by atoms with Crippen molar-refractivity contribution in [1.29, 1.82) is 0 Å². The van der Waals surface area contributed by atoms with Crippen LogP contribution in [0.15, 0.2) is 0 Å². The van der Waals surface area contributed by atoms with E-state index < -0.39 is 0 Å². The van der Waals surface area contributed by atoms with Crippen molar-refractivity contribution in [2.45, 2.75) is 19.8 Å². The lowest BCUT2D eigenvalue weighted by Gasteiger charge is -2.33. The summed E-state index contributed by atoms with van der Waals surface area (Å²) in [6.07, 6.45) is 2.44. The van der Waals surface area contributed by atoms with Crippen molar-refractivity contribution in [3.63, 3.8) is 0 Å². The average Bonchev–Trinajstić information content (AvgIpc) is 2.19. The van der Waals surface area contributed by atoms with E-state index in [-0.39, 0.29) is 0 Å². The van der Waals surface area contributed by atoms with E-state index in [2.05, 4.69) is 16.7 Å². The second kappa shape index (κ2) is 6.35. The molecule has 0 unspecified atom stereocenters. The fourth-order valence-electron chi connectivity index (χ4n) is 1.81. The van der Waals surface area contributed by atoms with E-state index >= 15 is 0 Å². The first-order valence-electron chi connectivity index (χ1n) is 5.51. The molecule has 1 rings (SSSR count). The molecule has 0 spiro atoms. The van der Waals surface area contributed by atoms with Crippen molar-refractivity contribution in [3.8, 4) is 0 Å². The Kier molecular flexibility index (Phi) is 5.35. The highest BCUT2D eigenvalue weighted by Gasteiger charge is 2.13. The lowest BCUT2D eigenvalue weighted by atomic mass is 10.2. The summed E-state index contributed by atoms with van der Waals surface area (Å²) in [5.41, 5.74) is 5.46. The van der Waals surface area contributed by atoms with Crippen LogP contribution in [-0.2, 0) is 0 Å². The molecule has 13 heavy (non-hydrogen) atoms. The monoisotopic (exact) mass is 185 g/mol. The van der Waals surface area contributed by atoms with Gasteiger partial charge >= 0.3 is 0 Å². The van der Waals surface area contributed by atoms with Gasteiger partial charge in [0.2, 0.25) is 0 Å². The van der Waals surface area contributed by atoms with Gasteiger partial charge in [0.15, 0.2) is 0 Å². The van der Waals surface area contributed by atoms with E-state index in [0.29, 0.717) is 0 Å². The zero-order valence-corrected chi connectivity index (χ0v) is 8.84. The lowest BCUT2D eigenvalue weighted by molar-refractivity contribution is 0.136. The molecule has 1 aliphatic heterocycles. The van der Waals surface area contributed by atoms with Crippen LogP contribution < -0.4 is 5.73 Å². The largest absolute Gasteiger partial charge is 0.330 e. The normalized spacial score (nSPS) is 20.8. The second-order valence-electron chi connectivity index (χ2n) is 3.77. The van der Waals surface area contributed by atoms with Crippen LogP contribution in [0.25, 0.3) is 0 Å². The number of nitrogens with zero attached hydrogens (tertiary/aromatic N) is 2. The van der Waals surface area contributed by atoms with Crippen molar-refractivity contribution in [1.82, 2.24) is 9.80 Å². The Labute approximate surface area is 81.9 Å². The van der Waals surface area contributed by atoms with Gasteiger partial charge in [0.25, 0.3) is 0 Å². The summed E-state index contributed by atoms with van der Waals surface area (Å²) < 4.78 is 0. The van der Waals surface area contributed by atoms with Crippen molar-refractivity contribution < 1.29 is 0 Å². The number of rotatable bonds is 5. The summed E-state index contributed by atoms with van der Waals surface area (Å²) >= 11 is 0. The molecule has 0 bridgehead atoms. The molecule has 0 amide bonds. The van der Waals surface area contributed by atoms with Crippen LogP contribution in [0, 0.1) is 0 Å². The molecular formula is C10H23N3. The molecule has 3 heteroatoms. The van der Waals surface area contributed by atoms with Crippen LogP contribution in [0.4, 0.5) is 0 Å². The quantitative estimate of drug-likeness (QED) is 0.628. The molecule has 78 valence electrons. The number of likely N-dealkylation sites (N-methyl/N-ethyl adjacent to an activating group) is 1. The molecule has 0 aromatic rings. The zero-order valence-electron chi connectivity index (χ0n) is 8.84. The van der Waals surface area contributed by atoms with Crippen molar-refractivity contribution in [3.05, 3.63) is 0 Å². The summed E-state index contributed by atoms with van der Waals surface area (Å²) in [6.45, 7) is 10.5. The SMILES string of the molecule is CCN1CCN(CCCCN)CC1. The van der Waals surface area contributed by atoms with Gasteiger partial charge in [0, 0.05) is 26.2 Å². The third-order valence-electron chi connectivity index (χ3n) is 2.84. The van der Waals surface area contributed by atoms with Gasteiger partial charge in [-0.2, -0.15) is 0 Å². The summed E-state index contributed by atoms with van der Waals surface area (Å²) in [7, 11) is 0. The fraction of sp³-hybridized carbons (Fsp3) is 1.00. The maximum absolute atomic E-state index is 5.46. The Morgan fingerprint density at radius 2 is 1.62 bits per heavy atom. The first-order valence-corrected chi connectivity index (χ1v) is 5.51. The summed E-state index contributed by atoms with van der Waals surface area (Å²) in [5.74, 6) is 0. The van der Waals surface area contributed by atoms with E-state index in [9.17, 15) is 0 Å². The number of hydrogen-bond donors (Lipinski definition) is 1. The van der Waals surface area contributed by atoms with Gasteiger partial charge in [-0.25, -0.2) is 0 Å². The number of hydrogen-bond acceptors (Lipinski definition) is 3. The number of unbranched alkanes of at least 4 members (excludes halogenated alkanes) is 1. The average molecular weight is 185 g/mol. The van der Waals surface area contributed by atoms with E-state index in [4.69, 9.17) is 5.73 Å². The fourth-order valence-corrected chi connectivity index (χ4v) is 1.81. The smallest absolute Gasteiger partial charge is 0.0110 e. The van der Waals surface area contributed by atoms with Crippen molar-refractivity contribution in [2.24, 2.45) is 5.73 Å². The number of piperazine rings is 1. The van der Waals surface area contributed by atoms with Gasteiger partial charge in [-0.15, -0.1) is 0 Å². The van der Waals surface area contributed by atoms with Crippen LogP contribution in [0.5, 0.6) is 0 Å². The van der Waals surface area contributed by atoms with Crippen LogP contribution >= 0.6 is 0 Å². The van der Waals surface area contributed by atoms with Crippen molar-refractivity contribution in [2.75, 3.05) is 45.8 Å². The number of nitrogens with two attached hydrogens (primary N) is 1. The standard InChI is InChI=1S/C10H23N3/c1-2-12-7-9-13(10-8-12)6-4-3-5-11/h2-11H2,1H3. The Hall–Kier alpha value is -0.120. The minimum absolute atomic E-state index is 0.842. The molecule has 0 aromatic heterocycles. The molecule has 1 aliphatic rings. The highest BCUT2D eigenvalue weighted by Crippen LogP contribution is 2.02. The maximum atomic E-state index is 5.46. The molecule has 3 nitrogen and oxygen atoms in total. The van der Waals surface area contributed by atoms with E-state index in [1.54, 1.807) is 0 Å². The van der Waals surface area contributed by atoms with E-state index in [0.717, 1.165) is 6.54 Å². The molecule has 2 N–H and O–H groups in total. The van der Waals surface area contributed by atoms with E-state index in [1.165, 1.54) is 52.1 Å². The Bertz CT molecular complexity index is 117. The zero-order chi connectivity index (χ0) is 9.52. The van der Waals surface area contributed by atoms with Gasteiger partial charge in [0.05, 0.1) is 0 Å². The predicted molar refractivity (Wildman–Crippen MR) is 56.8 cm³/mol. The highest BCUT2D eigenvalue weighted by atomic mass is 15.3. The summed E-state index contributed by atoms with van der Waals surface area (Å²) in [4.78, 5) is 5.07. The Morgan fingerprint density at radius 1 is 1.00 bits per heavy atom. The third kappa shape index (κ3) is 4.07. The molecule has 1 fully saturated rings. The molecule has 0 saturated carbocycles. The minimum Gasteiger partial charge on any atom is -0.330 e. The van der Waals surface area contributed by atoms with Crippen LogP contribution in [0.3, 0.4) is 0 Å². The minimum atomic E-state index is 0.842. The topological polar surface area (TPSA) is 32.5 Å². The Balaban J connectivity index is 2.03. The maximum Gasteiger partial charge on any atom is 0.0110 e. The van der Waals surface area contributed by atoms with Crippen molar-refractivity contribution >= 4 is 0 Å². The highest BCUT2D eigenvalue weighted by molar-refractivity contribution is 4.70. The summed E-state index contributed by atoms with van der Waals surface area (Å²) in [5, 5.41) is 0. The van der Waals surface area contributed by atoms with Crippen LogP contribution in [-0.4, -0.2) is 55.6 Å². The molecule has 0 aromatic carbocycles. The molecule has 0 atom stereocenters. The van der Waals surface area contributed by atoms with Crippen LogP contribution in [0.2, 0.25) is 0 Å². The molecule has 0 radical (unpaired) electrons. The molecule has 0 aliphatic carbocycles. The van der Waals surface area contributed by atoms with Gasteiger partial charge in [0.1, 0.15) is 0 Å². The van der Waals surface area contributed by atoms with Gasteiger partial charge in [-0.3, -0.25) is 0 Å². The third-order valence-corrected chi connectivity index (χ3v) is 2.84. The molecule has 1 heterocycles. The Morgan fingerprint density at radius 3 is 2.15 bits per heavy atom. The first kappa shape index (κ1) is 11.0. The first-order chi connectivity index (χ1) is 6.36. The van der Waals surface area contributed by atoms with Gasteiger partial charge in [-0.1, -0.05) is 6.92 Å². The summed E-state index contributed by atoms with van der Waals surface area (Å²) in [6, 6.07) is 0. The van der Waals surface area contributed by atoms with Crippen LogP contribution in [0.1, 0.15) is 19.8 Å². The lowest BCUT2D eigenvalue weighted by Crippen LogP contribution is -2.46.